The van der Waals surface area contributed by atoms with Crippen LogP contribution in [-0.2, 0) is 0 Å². The molecule has 0 aliphatic carbocycles. The third-order valence-corrected chi connectivity index (χ3v) is 3.34. The van der Waals surface area contributed by atoms with Crippen molar-refractivity contribution in [2.24, 2.45) is 0 Å². The third kappa shape index (κ3) is 3.33. The molecule has 1 heterocycles. The second kappa shape index (κ2) is 6.45. The minimum atomic E-state index is 0.896. The Labute approximate surface area is 106 Å². The Hall–Kier alpha value is -1.29. The smallest absolute Gasteiger partial charge is 0.156 e. The second-order valence-electron chi connectivity index (χ2n) is 3.91. The van der Waals surface area contributed by atoms with Gasteiger partial charge in [-0.2, -0.15) is 16.9 Å². The zero-order valence-corrected chi connectivity index (χ0v) is 10.8. The highest BCUT2D eigenvalue weighted by Crippen LogP contribution is 2.19. The summed E-state index contributed by atoms with van der Waals surface area (Å²) in [6.07, 6.45) is 6.36. The van der Waals surface area contributed by atoms with E-state index < -0.39 is 0 Å². The van der Waals surface area contributed by atoms with E-state index in [0.717, 1.165) is 23.1 Å². The Morgan fingerprint density at radius 2 is 2.12 bits per heavy atom. The van der Waals surface area contributed by atoms with E-state index in [2.05, 4.69) is 33.9 Å². The first-order valence-corrected chi connectivity index (χ1v) is 7.24. The van der Waals surface area contributed by atoms with Crippen molar-refractivity contribution in [2.45, 2.75) is 12.8 Å². The summed E-state index contributed by atoms with van der Waals surface area (Å²) < 4.78 is 0. The summed E-state index contributed by atoms with van der Waals surface area (Å²) in [5, 5.41) is 13.8. The molecule has 17 heavy (non-hydrogen) atoms. The van der Waals surface area contributed by atoms with Crippen molar-refractivity contribution >= 4 is 28.4 Å². The van der Waals surface area contributed by atoms with Gasteiger partial charge >= 0.3 is 0 Å². The van der Waals surface area contributed by atoms with Crippen molar-refractivity contribution in [3.8, 4) is 0 Å². The molecule has 1 N–H and O–H groups in total. The summed E-state index contributed by atoms with van der Waals surface area (Å²) in [5.41, 5.74) is 0. The number of unbranched alkanes of at least 4 members (excludes halogenated alkanes) is 1. The van der Waals surface area contributed by atoms with Crippen LogP contribution in [0.25, 0.3) is 10.8 Å². The summed E-state index contributed by atoms with van der Waals surface area (Å²) >= 11 is 1.89. The first kappa shape index (κ1) is 12.2. The fourth-order valence-corrected chi connectivity index (χ4v) is 2.23. The second-order valence-corrected chi connectivity index (χ2v) is 4.89. The zero-order valence-electron chi connectivity index (χ0n) is 10.0. The molecular weight excluding hydrogens is 230 g/mol. The molecule has 4 heteroatoms. The minimum Gasteiger partial charge on any atom is -0.368 e. The molecule has 0 saturated carbocycles. The van der Waals surface area contributed by atoms with Crippen LogP contribution in [0, 0.1) is 0 Å². The maximum atomic E-state index is 4.16. The average Bonchev–Trinajstić information content (AvgIpc) is 2.39. The van der Waals surface area contributed by atoms with Gasteiger partial charge in [0.1, 0.15) is 0 Å². The Kier molecular flexibility index (Phi) is 4.62. The number of hydrogen-bond donors (Lipinski definition) is 1. The van der Waals surface area contributed by atoms with E-state index in [1.54, 1.807) is 6.20 Å². The van der Waals surface area contributed by atoms with E-state index in [9.17, 15) is 0 Å². The lowest BCUT2D eigenvalue weighted by Crippen LogP contribution is -2.05. The number of fused-ring (bicyclic) bond motifs is 1. The van der Waals surface area contributed by atoms with E-state index in [4.69, 9.17) is 0 Å². The summed E-state index contributed by atoms with van der Waals surface area (Å²) in [4.78, 5) is 0. The molecule has 0 aliphatic rings. The summed E-state index contributed by atoms with van der Waals surface area (Å²) in [5.74, 6) is 2.12. The number of thioether (sulfide) groups is 1. The maximum Gasteiger partial charge on any atom is 0.156 e. The van der Waals surface area contributed by atoms with Gasteiger partial charge in [-0.25, -0.2) is 0 Å². The van der Waals surface area contributed by atoms with Crippen molar-refractivity contribution in [3.05, 3.63) is 30.5 Å². The standard InChI is InChI=1S/C13H17N3S/c1-17-9-5-4-8-14-13-12-7-3-2-6-11(12)10-15-16-13/h2-3,6-7,10H,4-5,8-9H2,1H3,(H,14,16). The number of nitrogens with zero attached hydrogens (tertiary/aromatic N) is 2. The molecule has 3 nitrogen and oxygen atoms in total. The highest BCUT2D eigenvalue weighted by atomic mass is 32.2. The normalized spacial score (nSPS) is 10.6. The lowest BCUT2D eigenvalue weighted by molar-refractivity contribution is 0.837. The molecule has 0 spiro atoms. The maximum absolute atomic E-state index is 4.16. The van der Waals surface area contributed by atoms with Crippen LogP contribution in [0.4, 0.5) is 5.82 Å². The third-order valence-electron chi connectivity index (χ3n) is 2.64. The molecule has 0 amide bonds. The molecule has 0 aliphatic heterocycles. The highest BCUT2D eigenvalue weighted by Gasteiger charge is 2.01. The van der Waals surface area contributed by atoms with Crippen molar-refractivity contribution in [2.75, 3.05) is 23.9 Å². The predicted molar refractivity (Wildman–Crippen MR) is 75.6 cm³/mol. The van der Waals surface area contributed by atoms with Crippen LogP contribution in [0.5, 0.6) is 0 Å². The van der Waals surface area contributed by atoms with Gasteiger partial charge in [0.25, 0.3) is 0 Å². The van der Waals surface area contributed by atoms with Crippen LogP contribution >= 0.6 is 11.8 Å². The van der Waals surface area contributed by atoms with E-state index in [1.807, 2.05) is 23.9 Å². The van der Waals surface area contributed by atoms with E-state index in [1.165, 1.54) is 18.6 Å². The van der Waals surface area contributed by atoms with E-state index in [0.29, 0.717) is 0 Å². The van der Waals surface area contributed by atoms with Gasteiger partial charge < -0.3 is 5.32 Å². The number of nitrogens with one attached hydrogen (secondary N) is 1. The Morgan fingerprint density at radius 1 is 1.24 bits per heavy atom. The Morgan fingerprint density at radius 3 is 3.00 bits per heavy atom. The number of anilines is 1. The van der Waals surface area contributed by atoms with Gasteiger partial charge in [-0.3, -0.25) is 0 Å². The van der Waals surface area contributed by atoms with Gasteiger partial charge in [0.2, 0.25) is 0 Å². The van der Waals surface area contributed by atoms with Gasteiger partial charge in [-0.15, -0.1) is 5.10 Å². The number of rotatable bonds is 6. The van der Waals surface area contributed by atoms with Gasteiger partial charge in [0.05, 0.1) is 6.20 Å². The van der Waals surface area contributed by atoms with Crippen molar-refractivity contribution in [1.82, 2.24) is 10.2 Å². The fourth-order valence-electron chi connectivity index (χ4n) is 1.74. The summed E-state index contributed by atoms with van der Waals surface area (Å²) in [6.45, 7) is 0.962. The Balaban J connectivity index is 1.98. The zero-order chi connectivity index (χ0) is 11.9. The van der Waals surface area contributed by atoms with Crippen LogP contribution in [0.3, 0.4) is 0 Å². The van der Waals surface area contributed by atoms with Crippen molar-refractivity contribution in [3.63, 3.8) is 0 Å². The van der Waals surface area contributed by atoms with Gasteiger partial charge in [-0.05, 0) is 24.9 Å². The predicted octanol–water partition coefficient (Wildman–Crippen LogP) is 3.18. The van der Waals surface area contributed by atoms with Crippen LogP contribution in [0.1, 0.15) is 12.8 Å². The fraction of sp³-hybridized carbons (Fsp3) is 0.385. The van der Waals surface area contributed by atoms with Crippen LogP contribution in [0.15, 0.2) is 30.5 Å². The molecule has 0 saturated heterocycles. The summed E-state index contributed by atoms with van der Waals surface area (Å²) in [6, 6.07) is 8.19. The van der Waals surface area contributed by atoms with Crippen molar-refractivity contribution < 1.29 is 0 Å². The van der Waals surface area contributed by atoms with Gasteiger partial charge in [0, 0.05) is 17.3 Å². The SMILES string of the molecule is CSCCCCNc1nncc2ccccc12. The lowest BCUT2D eigenvalue weighted by atomic mass is 10.2. The molecular formula is C13H17N3S. The van der Waals surface area contributed by atoms with Crippen molar-refractivity contribution in [1.29, 1.82) is 0 Å². The number of benzene rings is 1. The number of hydrogen-bond acceptors (Lipinski definition) is 4. The topological polar surface area (TPSA) is 37.8 Å². The quantitative estimate of drug-likeness (QED) is 0.796. The largest absolute Gasteiger partial charge is 0.368 e. The molecule has 0 unspecified atom stereocenters. The molecule has 1 aromatic carbocycles. The monoisotopic (exact) mass is 247 g/mol. The van der Waals surface area contributed by atoms with Crippen LogP contribution in [0.2, 0.25) is 0 Å². The minimum absolute atomic E-state index is 0.896. The molecule has 2 aromatic rings. The van der Waals surface area contributed by atoms with Crippen LogP contribution < -0.4 is 5.32 Å². The molecule has 0 atom stereocenters. The molecule has 0 radical (unpaired) electrons. The molecule has 0 fully saturated rings. The molecule has 0 bridgehead atoms. The first-order chi connectivity index (χ1) is 8.42. The number of aromatic nitrogens is 2. The van der Waals surface area contributed by atoms with Gasteiger partial charge in [-0.1, -0.05) is 24.3 Å². The van der Waals surface area contributed by atoms with E-state index in [-0.39, 0.29) is 0 Å². The highest BCUT2D eigenvalue weighted by molar-refractivity contribution is 7.98. The van der Waals surface area contributed by atoms with Crippen LogP contribution in [-0.4, -0.2) is 28.8 Å². The van der Waals surface area contributed by atoms with Gasteiger partial charge in [0.15, 0.2) is 5.82 Å². The first-order valence-electron chi connectivity index (χ1n) is 5.85. The van der Waals surface area contributed by atoms with E-state index >= 15 is 0 Å². The average molecular weight is 247 g/mol. The molecule has 2 rings (SSSR count). The Bertz CT molecular complexity index is 468. The lowest BCUT2D eigenvalue weighted by Gasteiger charge is -2.07. The summed E-state index contributed by atoms with van der Waals surface area (Å²) in [7, 11) is 0. The molecule has 1 aromatic heterocycles. The molecule has 90 valence electrons.